The predicted octanol–water partition coefficient (Wildman–Crippen LogP) is 2.59. The van der Waals surface area contributed by atoms with E-state index in [1.54, 1.807) is 24.3 Å². The standard InChI is InChI=1S/C21H26N2O6S/c1-5-15(2)22-20(24)14-29-21(25)16-7-6-8-19(13-16)30(26,27)23(3)17-9-11-18(28-4)12-10-17/h6-13,15H,5,14H2,1-4H3,(H,22,24)/t15-/m1/s1. The zero-order chi connectivity index (χ0) is 22.3. The van der Waals surface area contributed by atoms with Crippen LogP contribution in [0.5, 0.6) is 5.75 Å². The van der Waals surface area contributed by atoms with Crippen molar-refractivity contribution in [2.24, 2.45) is 0 Å². The Labute approximate surface area is 176 Å². The number of sulfonamides is 1. The van der Waals surface area contributed by atoms with Crippen LogP contribution in [0, 0.1) is 0 Å². The second kappa shape index (κ2) is 10.1. The highest BCUT2D eigenvalue weighted by molar-refractivity contribution is 7.92. The Morgan fingerprint density at radius 2 is 1.80 bits per heavy atom. The van der Waals surface area contributed by atoms with Gasteiger partial charge in [-0.2, -0.15) is 0 Å². The molecule has 1 atom stereocenters. The van der Waals surface area contributed by atoms with Crippen LogP contribution in [0.2, 0.25) is 0 Å². The molecule has 0 heterocycles. The van der Waals surface area contributed by atoms with Crippen molar-refractivity contribution >= 4 is 27.6 Å². The van der Waals surface area contributed by atoms with Gasteiger partial charge >= 0.3 is 5.97 Å². The molecule has 8 nitrogen and oxygen atoms in total. The maximum Gasteiger partial charge on any atom is 0.338 e. The van der Waals surface area contributed by atoms with Crippen LogP contribution in [0.25, 0.3) is 0 Å². The van der Waals surface area contributed by atoms with Crippen LogP contribution >= 0.6 is 0 Å². The number of carbonyl (C=O) groups is 2. The number of ether oxygens (including phenoxy) is 2. The third-order valence-electron chi connectivity index (χ3n) is 4.52. The molecule has 0 aliphatic carbocycles. The van der Waals surface area contributed by atoms with Crippen molar-refractivity contribution in [2.75, 3.05) is 25.1 Å². The van der Waals surface area contributed by atoms with Crippen molar-refractivity contribution in [1.82, 2.24) is 5.32 Å². The Morgan fingerprint density at radius 3 is 2.40 bits per heavy atom. The van der Waals surface area contributed by atoms with Crippen LogP contribution in [0.15, 0.2) is 53.4 Å². The monoisotopic (exact) mass is 434 g/mol. The molecular formula is C21H26N2O6S. The van der Waals surface area contributed by atoms with Gasteiger partial charge < -0.3 is 14.8 Å². The second-order valence-corrected chi connectivity index (χ2v) is 8.62. The summed E-state index contributed by atoms with van der Waals surface area (Å²) in [5.74, 6) is -0.592. The summed E-state index contributed by atoms with van der Waals surface area (Å²) >= 11 is 0. The number of hydrogen-bond donors (Lipinski definition) is 1. The van der Waals surface area contributed by atoms with Crippen LogP contribution in [-0.2, 0) is 19.6 Å². The Hall–Kier alpha value is -3.07. The summed E-state index contributed by atoms with van der Waals surface area (Å²) in [4.78, 5) is 24.0. The third kappa shape index (κ3) is 5.73. The van der Waals surface area contributed by atoms with Gasteiger partial charge in [-0.05, 0) is 55.8 Å². The minimum absolute atomic E-state index is 0.0295. The number of methoxy groups -OCH3 is 1. The van der Waals surface area contributed by atoms with Crippen molar-refractivity contribution in [3.63, 3.8) is 0 Å². The molecule has 2 aromatic rings. The quantitative estimate of drug-likeness (QED) is 0.609. The van der Waals surface area contributed by atoms with Gasteiger partial charge in [0.25, 0.3) is 15.9 Å². The first-order chi connectivity index (χ1) is 14.2. The van der Waals surface area contributed by atoms with Gasteiger partial charge in [0.1, 0.15) is 5.75 Å². The number of hydrogen-bond acceptors (Lipinski definition) is 6. The molecule has 1 N–H and O–H groups in total. The first-order valence-corrected chi connectivity index (χ1v) is 10.8. The minimum atomic E-state index is -3.91. The lowest BCUT2D eigenvalue weighted by molar-refractivity contribution is -0.124. The zero-order valence-corrected chi connectivity index (χ0v) is 18.2. The van der Waals surface area contributed by atoms with Crippen molar-refractivity contribution in [2.45, 2.75) is 31.2 Å². The number of amides is 1. The smallest absolute Gasteiger partial charge is 0.338 e. The first kappa shape index (κ1) is 23.2. The van der Waals surface area contributed by atoms with Crippen LogP contribution in [-0.4, -0.2) is 47.1 Å². The van der Waals surface area contributed by atoms with E-state index in [0.717, 1.165) is 10.7 Å². The van der Waals surface area contributed by atoms with Gasteiger partial charge in [-0.15, -0.1) is 0 Å². The molecule has 162 valence electrons. The molecule has 0 aliphatic rings. The van der Waals surface area contributed by atoms with Gasteiger partial charge in [-0.25, -0.2) is 13.2 Å². The van der Waals surface area contributed by atoms with Crippen molar-refractivity contribution in [3.05, 3.63) is 54.1 Å². The molecule has 1 amide bonds. The average Bonchev–Trinajstić information content (AvgIpc) is 2.76. The maximum atomic E-state index is 13.0. The second-order valence-electron chi connectivity index (χ2n) is 6.65. The number of nitrogens with one attached hydrogen (secondary N) is 1. The maximum absolute atomic E-state index is 13.0. The number of rotatable bonds is 9. The fourth-order valence-electron chi connectivity index (χ4n) is 2.51. The van der Waals surface area contributed by atoms with Gasteiger partial charge in [0, 0.05) is 13.1 Å². The minimum Gasteiger partial charge on any atom is -0.497 e. The number of nitrogens with zero attached hydrogens (tertiary/aromatic N) is 1. The molecule has 0 unspecified atom stereocenters. The Kier molecular flexibility index (Phi) is 7.82. The fraction of sp³-hybridized carbons (Fsp3) is 0.333. The molecule has 0 radical (unpaired) electrons. The molecule has 0 bridgehead atoms. The molecule has 0 saturated heterocycles. The SMILES string of the molecule is CC[C@@H](C)NC(=O)COC(=O)c1cccc(S(=O)(=O)N(C)c2ccc(OC)cc2)c1. The molecule has 2 aromatic carbocycles. The highest BCUT2D eigenvalue weighted by atomic mass is 32.2. The molecular weight excluding hydrogens is 408 g/mol. The van der Waals surface area contributed by atoms with Gasteiger partial charge in [-0.1, -0.05) is 13.0 Å². The van der Waals surface area contributed by atoms with Crippen LogP contribution in [0.4, 0.5) is 5.69 Å². The van der Waals surface area contributed by atoms with Crippen LogP contribution in [0.3, 0.4) is 0 Å². The number of benzene rings is 2. The third-order valence-corrected chi connectivity index (χ3v) is 6.30. The van der Waals surface area contributed by atoms with E-state index in [0.29, 0.717) is 11.4 Å². The average molecular weight is 435 g/mol. The van der Waals surface area contributed by atoms with Gasteiger partial charge in [0.2, 0.25) is 0 Å². The van der Waals surface area contributed by atoms with Crippen molar-refractivity contribution in [1.29, 1.82) is 0 Å². The topological polar surface area (TPSA) is 102 Å². The van der Waals surface area contributed by atoms with Gasteiger partial charge in [0.05, 0.1) is 23.3 Å². The highest BCUT2D eigenvalue weighted by Crippen LogP contribution is 2.24. The molecule has 30 heavy (non-hydrogen) atoms. The van der Waals surface area contributed by atoms with E-state index in [1.807, 2.05) is 13.8 Å². The normalized spacial score (nSPS) is 12.0. The highest BCUT2D eigenvalue weighted by Gasteiger charge is 2.23. The summed E-state index contributed by atoms with van der Waals surface area (Å²) in [6.45, 7) is 3.32. The summed E-state index contributed by atoms with van der Waals surface area (Å²) in [6, 6.07) is 12.0. The van der Waals surface area contributed by atoms with E-state index in [2.05, 4.69) is 5.32 Å². The van der Waals surface area contributed by atoms with E-state index in [-0.39, 0.29) is 16.5 Å². The first-order valence-electron chi connectivity index (χ1n) is 9.38. The molecule has 9 heteroatoms. The lowest BCUT2D eigenvalue weighted by Crippen LogP contribution is -2.35. The van der Waals surface area contributed by atoms with E-state index in [1.165, 1.54) is 38.4 Å². The zero-order valence-electron chi connectivity index (χ0n) is 17.4. The summed E-state index contributed by atoms with van der Waals surface area (Å²) < 4.78 is 37.1. The summed E-state index contributed by atoms with van der Waals surface area (Å²) in [7, 11) is -0.973. The molecule has 2 rings (SSSR count). The molecule has 0 aromatic heterocycles. The van der Waals surface area contributed by atoms with Crippen molar-refractivity contribution < 1.29 is 27.5 Å². The lowest BCUT2D eigenvalue weighted by atomic mass is 10.2. The summed E-state index contributed by atoms with van der Waals surface area (Å²) in [6.07, 6.45) is 0.751. The van der Waals surface area contributed by atoms with Gasteiger partial charge in [-0.3, -0.25) is 9.10 Å². The molecule has 0 spiro atoms. The predicted molar refractivity (Wildman–Crippen MR) is 113 cm³/mol. The Bertz CT molecular complexity index is 989. The Morgan fingerprint density at radius 1 is 1.13 bits per heavy atom. The van der Waals surface area contributed by atoms with Gasteiger partial charge in [0.15, 0.2) is 6.61 Å². The summed E-state index contributed by atoms with van der Waals surface area (Å²) in [5, 5.41) is 2.69. The van der Waals surface area contributed by atoms with E-state index in [4.69, 9.17) is 9.47 Å². The van der Waals surface area contributed by atoms with Crippen LogP contribution < -0.4 is 14.4 Å². The Balaban J connectivity index is 2.14. The number of esters is 1. The van der Waals surface area contributed by atoms with E-state index >= 15 is 0 Å². The van der Waals surface area contributed by atoms with E-state index < -0.39 is 28.5 Å². The van der Waals surface area contributed by atoms with Crippen molar-refractivity contribution in [3.8, 4) is 5.75 Å². The molecule has 0 saturated carbocycles. The fourth-order valence-corrected chi connectivity index (χ4v) is 3.75. The molecule has 0 aliphatic heterocycles. The number of carbonyl (C=O) groups excluding carboxylic acids is 2. The lowest BCUT2D eigenvalue weighted by Gasteiger charge is -2.20. The van der Waals surface area contributed by atoms with Crippen LogP contribution in [0.1, 0.15) is 30.6 Å². The number of anilines is 1. The molecule has 0 fully saturated rings. The largest absolute Gasteiger partial charge is 0.497 e. The summed E-state index contributed by atoms with van der Waals surface area (Å²) in [5.41, 5.74) is 0.473. The van der Waals surface area contributed by atoms with E-state index in [9.17, 15) is 18.0 Å².